The molecule has 0 fully saturated rings. The molecule has 0 saturated carbocycles. The molecule has 1 aromatic carbocycles. The number of halogens is 3. The number of aromatic amines is 1. The van der Waals surface area contributed by atoms with Crippen LogP contribution in [0.4, 0.5) is 18.9 Å². The van der Waals surface area contributed by atoms with Crippen LogP contribution in [0.25, 0.3) is 11.0 Å². The SMILES string of the molecule is O=S(=O)(Nc1ccc(C(F)(F)F)cc1)c1c[nH]c2ncccc12. The number of alkyl halides is 3. The standard InChI is InChI=1S/C14H10F3N3O2S/c15-14(16,17)9-3-5-10(6-4-9)20-23(21,22)12-8-19-13-11(12)2-1-7-18-13/h1-8,20H,(H,18,19). The van der Waals surface area contributed by atoms with E-state index in [1.165, 1.54) is 12.4 Å². The van der Waals surface area contributed by atoms with Gasteiger partial charge in [-0.05, 0) is 36.4 Å². The lowest BCUT2D eigenvalue weighted by atomic mass is 10.2. The normalized spacial score (nSPS) is 12.5. The second-order valence-corrected chi connectivity index (χ2v) is 6.38. The van der Waals surface area contributed by atoms with Gasteiger partial charge in [-0.3, -0.25) is 4.72 Å². The van der Waals surface area contributed by atoms with Crippen molar-refractivity contribution >= 4 is 26.7 Å². The third-order valence-corrected chi connectivity index (χ3v) is 4.59. The molecule has 0 radical (unpaired) electrons. The molecule has 0 bridgehead atoms. The second-order valence-electron chi connectivity index (χ2n) is 4.73. The summed E-state index contributed by atoms with van der Waals surface area (Å²) in [4.78, 5) is 6.69. The van der Waals surface area contributed by atoms with Gasteiger partial charge in [0.15, 0.2) is 0 Å². The summed E-state index contributed by atoms with van der Waals surface area (Å²) in [6.45, 7) is 0. The molecule has 0 amide bonds. The molecule has 2 N–H and O–H groups in total. The fourth-order valence-electron chi connectivity index (χ4n) is 2.09. The maximum absolute atomic E-state index is 12.5. The molecule has 0 aliphatic heterocycles. The first-order valence-corrected chi connectivity index (χ1v) is 7.88. The van der Waals surface area contributed by atoms with Gasteiger partial charge in [-0.25, -0.2) is 13.4 Å². The van der Waals surface area contributed by atoms with Crippen LogP contribution in [0.2, 0.25) is 0 Å². The Morgan fingerprint density at radius 3 is 2.43 bits per heavy atom. The lowest BCUT2D eigenvalue weighted by molar-refractivity contribution is -0.137. The highest BCUT2D eigenvalue weighted by molar-refractivity contribution is 7.93. The van der Waals surface area contributed by atoms with Crippen LogP contribution in [0.5, 0.6) is 0 Å². The van der Waals surface area contributed by atoms with E-state index >= 15 is 0 Å². The number of hydrogen-bond acceptors (Lipinski definition) is 3. The highest BCUT2D eigenvalue weighted by Crippen LogP contribution is 2.30. The van der Waals surface area contributed by atoms with Gasteiger partial charge >= 0.3 is 6.18 Å². The number of benzene rings is 1. The average molecular weight is 341 g/mol. The van der Waals surface area contributed by atoms with Crippen molar-refractivity contribution in [2.45, 2.75) is 11.1 Å². The van der Waals surface area contributed by atoms with Gasteiger partial charge in [0.1, 0.15) is 10.5 Å². The molecule has 9 heteroatoms. The van der Waals surface area contributed by atoms with Crippen LogP contribution in [0, 0.1) is 0 Å². The van der Waals surface area contributed by atoms with Crippen LogP contribution in [0.15, 0.2) is 53.7 Å². The number of nitrogens with one attached hydrogen (secondary N) is 2. The van der Waals surface area contributed by atoms with Crippen molar-refractivity contribution in [1.82, 2.24) is 9.97 Å². The monoisotopic (exact) mass is 341 g/mol. The highest BCUT2D eigenvalue weighted by Gasteiger charge is 2.30. The maximum Gasteiger partial charge on any atom is 0.416 e. The number of fused-ring (bicyclic) bond motifs is 1. The Morgan fingerprint density at radius 1 is 1.09 bits per heavy atom. The molecular formula is C14H10F3N3O2S. The number of pyridine rings is 1. The molecule has 3 rings (SSSR count). The van der Waals surface area contributed by atoms with Gasteiger partial charge < -0.3 is 4.98 Å². The summed E-state index contributed by atoms with van der Waals surface area (Å²) >= 11 is 0. The Labute approximate surface area is 129 Å². The van der Waals surface area contributed by atoms with E-state index < -0.39 is 21.8 Å². The van der Waals surface area contributed by atoms with Gasteiger partial charge in [0.2, 0.25) is 0 Å². The van der Waals surface area contributed by atoms with E-state index in [4.69, 9.17) is 0 Å². The molecule has 23 heavy (non-hydrogen) atoms. The van der Waals surface area contributed by atoms with E-state index in [-0.39, 0.29) is 10.6 Å². The summed E-state index contributed by atoms with van der Waals surface area (Å²) in [6.07, 6.45) is -1.68. The van der Waals surface area contributed by atoms with Gasteiger partial charge in [0.05, 0.1) is 5.56 Å². The zero-order chi connectivity index (χ0) is 16.7. The molecule has 3 aromatic rings. The third-order valence-electron chi connectivity index (χ3n) is 3.17. The van der Waals surface area contributed by atoms with Crippen molar-refractivity contribution in [2.75, 3.05) is 4.72 Å². The number of H-pyrrole nitrogens is 1. The Balaban J connectivity index is 1.92. The summed E-state index contributed by atoms with van der Waals surface area (Å²) in [5, 5.41) is 0.395. The van der Waals surface area contributed by atoms with E-state index in [1.807, 2.05) is 0 Å². The quantitative estimate of drug-likeness (QED) is 0.767. The fourth-order valence-corrected chi connectivity index (χ4v) is 3.32. The largest absolute Gasteiger partial charge is 0.416 e. The molecule has 0 saturated heterocycles. The fraction of sp³-hybridized carbons (Fsp3) is 0.0714. The lowest BCUT2D eigenvalue weighted by Crippen LogP contribution is -2.13. The van der Waals surface area contributed by atoms with E-state index in [2.05, 4.69) is 14.7 Å². The molecule has 0 aliphatic rings. The van der Waals surface area contributed by atoms with Crippen LogP contribution in [0.3, 0.4) is 0 Å². The first-order valence-electron chi connectivity index (χ1n) is 6.39. The number of nitrogens with zero attached hydrogens (tertiary/aromatic N) is 1. The lowest BCUT2D eigenvalue weighted by Gasteiger charge is -2.09. The summed E-state index contributed by atoms with van der Waals surface area (Å²) in [7, 11) is -3.95. The maximum atomic E-state index is 12.5. The van der Waals surface area contributed by atoms with Gasteiger partial charge in [-0.2, -0.15) is 13.2 Å². The molecule has 2 heterocycles. The van der Waals surface area contributed by atoms with Crippen LogP contribution in [0.1, 0.15) is 5.56 Å². The van der Waals surface area contributed by atoms with Gasteiger partial charge in [0.25, 0.3) is 10.0 Å². The van der Waals surface area contributed by atoms with Crippen molar-refractivity contribution in [2.24, 2.45) is 0 Å². The van der Waals surface area contributed by atoms with E-state index in [9.17, 15) is 21.6 Å². The van der Waals surface area contributed by atoms with Crippen molar-refractivity contribution in [3.05, 3.63) is 54.4 Å². The molecule has 2 aromatic heterocycles. The predicted octanol–water partition coefficient (Wildman–Crippen LogP) is 3.38. The highest BCUT2D eigenvalue weighted by atomic mass is 32.2. The predicted molar refractivity (Wildman–Crippen MR) is 78.3 cm³/mol. The van der Waals surface area contributed by atoms with Crippen LogP contribution >= 0.6 is 0 Å². The molecule has 0 atom stereocenters. The summed E-state index contributed by atoms with van der Waals surface area (Å²) < 4.78 is 64.5. The molecule has 0 unspecified atom stereocenters. The number of rotatable bonds is 3. The van der Waals surface area contributed by atoms with Crippen LogP contribution < -0.4 is 4.72 Å². The Morgan fingerprint density at radius 2 is 1.78 bits per heavy atom. The van der Waals surface area contributed by atoms with Gasteiger partial charge in [-0.1, -0.05) is 0 Å². The Hall–Kier alpha value is -2.55. The van der Waals surface area contributed by atoms with E-state index in [0.29, 0.717) is 11.0 Å². The van der Waals surface area contributed by atoms with Gasteiger partial charge in [-0.15, -0.1) is 0 Å². The minimum Gasteiger partial charge on any atom is -0.345 e. The first kappa shape index (κ1) is 15.3. The number of hydrogen-bond donors (Lipinski definition) is 2. The van der Waals surface area contributed by atoms with Crippen LogP contribution in [-0.2, 0) is 16.2 Å². The van der Waals surface area contributed by atoms with E-state index in [0.717, 1.165) is 24.3 Å². The molecule has 5 nitrogen and oxygen atoms in total. The molecule has 0 aliphatic carbocycles. The average Bonchev–Trinajstić information content (AvgIpc) is 2.91. The minimum absolute atomic E-state index is 0.0273. The Kier molecular flexibility index (Phi) is 3.52. The summed E-state index contributed by atoms with van der Waals surface area (Å²) in [5.74, 6) is 0. The molecular weight excluding hydrogens is 331 g/mol. The molecule has 120 valence electrons. The Bertz CT molecular complexity index is 947. The number of sulfonamides is 1. The zero-order valence-electron chi connectivity index (χ0n) is 11.4. The summed E-state index contributed by atoms with van der Waals surface area (Å²) in [5.41, 5.74) is -0.409. The van der Waals surface area contributed by atoms with Crippen LogP contribution in [-0.4, -0.2) is 18.4 Å². The second kappa shape index (κ2) is 5.27. The number of aromatic nitrogens is 2. The molecule has 0 spiro atoms. The zero-order valence-corrected chi connectivity index (χ0v) is 12.2. The van der Waals surface area contributed by atoms with Crippen molar-refractivity contribution in [3.8, 4) is 0 Å². The smallest absolute Gasteiger partial charge is 0.345 e. The van der Waals surface area contributed by atoms with E-state index in [1.54, 1.807) is 12.1 Å². The topological polar surface area (TPSA) is 74.8 Å². The third kappa shape index (κ3) is 3.00. The minimum atomic E-state index is -4.47. The van der Waals surface area contributed by atoms with Crippen molar-refractivity contribution < 1.29 is 21.6 Å². The first-order chi connectivity index (χ1) is 10.8. The van der Waals surface area contributed by atoms with Gasteiger partial charge in [0, 0.05) is 23.5 Å². The summed E-state index contributed by atoms with van der Waals surface area (Å²) in [6, 6.07) is 6.93. The number of anilines is 1. The van der Waals surface area contributed by atoms with Crippen molar-refractivity contribution in [3.63, 3.8) is 0 Å². The van der Waals surface area contributed by atoms with Crippen molar-refractivity contribution in [1.29, 1.82) is 0 Å².